The van der Waals surface area contributed by atoms with Gasteiger partial charge in [-0.1, -0.05) is 18.2 Å². The molecule has 2 heterocycles. The Kier molecular flexibility index (Phi) is 5.87. The third-order valence-corrected chi connectivity index (χ3v) is 4.84. The molecule has 4 amide bonds. The van der Waals surface area contributed by atoms with E-state index in [2.05, 4.69) is 15.6 Å². The van der Waals surface area contributed by atoms with E-state index in [0.717, 1.165) is 10.9 Å². The fourth-order valence-corrected chi connectivity index (χ4v) is 3.28. The van der Waals surface area contributed by atoms with E-state index >= 15 is 0 Å². The molecule has 2 aromatic rings. The molecule has 1 saturated heterocycles. The van der Waals surface area contributed by atoms with Crippen molar-refractivity contribution in [3.63, 3.8) is 0 Å². The van der Waals surface area contributed by atoms with Crippen molar-refractivity contribution in [1.82, 2.24) is 25.4 Å². The molecule has 0 aliphatic carbocycles. The molecule has 1 atom stereocenters. The molecule has 28 heavy (non-hydrogen) atoms. The van der Waals surface area contributed by atoms with Gasteiger partial charge in [-0.15, -0.1) is 0 Å². The number of nitrogens with one attached hydrogen (secondary N) is 3. The number of piperazine rings is 1. The predicted molar refractivity (Wildman–Crippen MR) is 107 cm³/mol. The zero-order valence-electron chi connectivity index (χ0n) is 16.5. The van der Waals surface area contributed by atoms with E-state index in [1.807, 2.05) is 38.1 Å². The van der Waals surface area contributed by atoms with Gasteiger partial charge in [-0.05, 0) is 26.8 Å². The number of rotatable bonds is 4. The number of carbonyl (C=O) groups is 3. The van der Waals surface area contributed by atoms with Gasteiger partial charge in [-0.3, -0.25) is 9.59 Å². The standard InChI is InChI=1S/C20H27N5O3/c1-13(2)22-18(26)14(3)23-20(28)25-10-8-24(9-11-25)19(27)16-12-21-17-7-5-4-6-15(16)17/h4-7,12-14,21H,8-11H2,1-3H3,(H,22,26)(H,23,28)/t14-/m0/s1. The highest BCUT2D eigenvalue weighted by molar-refractivity contribution is 6.06. The number of aromatic amines is 1. The number of benzene rings is 1. The molecule has 3 N–H and O–H groups in total. The second kappa shape index (κ2) is 8.33. The Morgan fingerprint density at radius 3 is 2.29 bits per heavy atom. The maximum absolute atomic E-state index is 12.9. The van der Waals surface area contributed by atoms with E-state index in [9.17, 15) is 14.4 Å². The van der Waals surface area contributed by atoms with Crippen molar-refractivity contribution in [2.24, 2.45) is 0 Å². The lowest BCUT2D eigenvalue weighted by Gasteiger charge is -2.35. The number of carbonyl (C=O) groups excluding carboxylic acids is 3. The van der Waals surface area contributed by atoms with Gasteiger partial charge in [-0.25, -0.2) is 4.79 Å². The number of hydrogen-bond acceptors (Lipinski definition) is 3. The van der Waals surface area contributed by atoms with Gasteiger partial charge in [0.15, 0.2) is 0 Å². The van der Waals surface area contributed by atoms with E-state index in [-0.39, 0.29) is 23.9 Å². The summed E-state index contributed by atoms with van der Waals surface area (Å²) in [4.78, 5) is 43.7. The molecule has 0 bridgehead atoms. The number of para-hydroxylation sites is 1. The minimum atomic E-state index is -0.610. The normalized spacial score (nSPS) is 15.6. The smallest absolute Gasteiger partial charge is 0.318 e. The highest BCUT2D eigenvalue weighted by atomic mass is 16.2. The molecule has 0 unspecified atom stereocenters. The third-order valence-electron chi connectivity index (χ3n) is 4.84. The molecule has 1 aromatic carbocycles. The van der Waals surface area contributed by atoms with Crippen LogP contribution in [-0.4, -0.2) is 70.9 Å². The maximum Gasteiger partial charge on any atom is 0.318 e. The first kappa shape index (κ1) is 19.7. The van der Waals surface area contributed by atoms with Gasteiger partial charge in [-0.2, -0.15) is 0 Å². The number of hydrogen-bond donors (Lipinski definition) is 3. The Bertz CT molecular complexity index is 868. The maximum atomic E-state index is 12.9. The molecule has 8 nitrogen and oxygen atoms in total. The van der Waals surface area contributed by atoms with Crippen LogP contribution in [0.4, 0.5) is 4.79 Å². The lowest BCUT2D eigenvalue weighted by molar-refractivity contribution is -0.123. The molecule has 8 heteroatoms. The number of amides is 4. The van der Waals surface area contributed by atoms with Crippen LogP contribution in [0, 0.1) is 0 Å². The first-order valence-electron chi connectivity index (χ1n) is 9.58. The molecular weight excluding hydrogens is 358 g/mol. The average Bonchev–Trinajstić information content (AvgIpc) is 3.11. The summed E-state index contributed by atoms with van der Waals surface area (Å²) in [7, 11) is 0. The molecule has 1 aliphatic heterocycles. The highest BCUT2D eigenvalue weighted by Crippen LogP contribution is 2.20. The number of urea groups is 1. The summed E-state index contributed by atoms with van der Waals surface area (Å²) < 4.78 is 0. The zero-order chi connectivity index (χ0) is 20.3. The Balaban J connectivity index is 1.54. The number of H-pyrrole nitrogens is 1. The molecule has 1 fully saturated rings. The summed E-state index contributed by atoms with van der Waals surface area (Å²) in [6, 6.07) is 6.81. The van der Waals surface area contributed by atoms with Crippen LogP contribution >= 0.6 is 0 Å². The fourth-order valence-electron chi connectivity index (χ4n) is 3.28. The van der Waals surface area contributed by atoms with Crippen LogP contribution in [0.3, 0.4) is 0 Å². The summed E-state index contributed by atoms with van der Waals surface area (Å²) >= 11 is 0. The van der Waals surface area contributed by atoms with Gasteiger partial charge in [0, 0.05) is 49.3 Å². The molecule has 0 spiro atoms. The first-order valence-corrected chi connectivity index (χ1v) is 9.58. The summed E-state index contributed by atoms with van der Waals surface area (Å²) in [5, 5.41) is 6.39. The zero-order valence-corrected chi connectivity index (χ0v) is 16.5. The molecule has 3 rings (SSSR count). The summed E-state index contributed by atoms with van der Waals surface area (Å²) in [6.45, 7) is 7.17. The average molecular weight is 385 g/mol. The van der Waals surface area contributed by atoms with E-state index in [4.69, 9.17) is 0 Å². The lowest BCUT2D eigenvalue weighted by atomic mass is 10.1. The molecule has 150 valence electrons. The Morgan fingerprint density at radius 2 is 1.61 bits per heavy atom. The number of fused-ring (bicyclic) bond motifs is 1. The van der Waals surface area contributed by atoms with E-state index in [0.29, 0.717) is 31.7 Å². The van der Waals surface area contributed by atoms with Crippen molar-refractivity contribution in [2.75, 3.05) is 26.2 Å². The van der Waals surface area contributed by atoms with Crippen LogP contribution in [0.15, 0.2) is 30.5 Å². The van der Waals surface area contributed by atoms with Gasteiger partial charge in [0.25, 0.3) is 5.91 Å². The van der Waals surface area contributed by atoms with Crippen molar-refractivity contribution in [1.29, 1.82) is 0 Å². The second-order valence-electron chi connectivity index (χ2n) is 7.36. The third kappa shape index (κ3) is 4.27. The van der Waals surface area contributed by atoms with Crippen LogP contribution in [0.25, 0.3) is 10.9 Å². The second-order valence-corrected chi connectivity index (χ2v) is 7.36. The van der Waals surface area contributed by atoms with Gasteiger partial charge in [0.1, 0.15) is 6.04 Å². The van der Waals surface area contributed by atoms with Crippen LogP contribution in [0.2, 0.25) is 0 Å². The van der Waals surface area contributed by atoms with E-state index in [1.54, 1.807) is 22.9 Å². The summed E-state index contributed by atoms with van der Waals surface area (Å²) in [5.41, 5.74) is 1.57. The Labute approximate surface area is 164 Å². The molecule has 1 aromatic heterocycles. The monoisotopic (exact) mass is 385 g/mol. The van der Waals surface area contributed by atoms with Gasteiger partial charge in [0.05, 0.1) is 5.56 Å². The number of nitrogens with zero attached hydrogens (tertiary/aromatic N) is 2. The van der Waals surface area contributed by atoms with Gasteiger partial charge >= 0.3 is 6.03 Å². The van der Waals surface area contributed by atoms with Crippen LogP contribution in [0.5, 0.6) is 0 Å². The molecular formula is C20H27N5O3. The van der Waals surface area contributed by atoms with Crippen LogP contribution < -0.4 is 10.6 Å². The Morgan fingerprint density at radius 1 is 0.964 bits per heavy atom. The molecule has 0 saturated carbocycles. The fraction of sp³-hybridized carbons (Fsp3) is 0.450. The highest BCUT2D eigenvalue weighted by Gasteiger charge is 2.27. The minimum Gasteiger partial charge on any atom is -0.360 e. The minimum absolute atomic E-state index is 0.0194. The van der Waals surface area contributed by atoms with Crippen LogP contribution in [0.1, 0.15) is 31.1 Å². The Hall–Kier alpha value is -3.03. The molecule has 1 aliphatic rings. The van der Waals surface area contributed by atoms with Gasteiger partial charge < -0.3 is 25.4 Å². The topological polar surface area (TPSA) is 97.5 Å². The van der Waals surface area contributed by atoms with Crippen LogP contribution in [-0.2, 0) is 4.79 Å². The van der Waals surface area contributed by atoms with Crippen molar-refractivity contribution in [3.8, 4) is 0 Å². The molecule has 0 radical (unpaired) electrons. The predicted octanol–water partition coefficient (Wildman–Crippen LogP) is 1.55. The van der Waals surface area contributed by atoms with Crippen molar-refractivity contribution >= 4 is 28.7 Å². The summed E-state index contributed by atoms with van der Waals surface area (Å²) in [5.74, 6) is -0.251. The van der Waals surface area contributed by atoms with E-state index < -0.39 is 6.04 Å². The quantitative estimate of drug-likeness (QED) is 0.745. The number of aromatic nitrogens is 1. The first-order chi connectivity index (χ1) is 13.4. The van der Waals surface area contributed by atoms with Crippen molar-refractivity contribution < 1.29 is 14.4 Å². The van der Waals surface area contributed by atoms with Crippen molar-refractivity contribution in [3.05, 3.63) is 36.0 Å². The largest absolute Gasteiger partial charge is 0.360 e. The van der Waals surface area contributed by atoms with E-state index in [1.165, 1.54) is 0 Å². The van der Waals surface area contributed by atoms with Crippen molar-refractivity contribution in [2.45, 2.75) is 32.9 Å². The summed E-state index contributed by atoms with van der Waals surface area (Å²) in [6.07, 6.45) is 1.74. The van der Waals surface area contributed by atoms with Gasteiger partial charge in [0.2, 0.25) is 5.91 Å². The lowest BCUT2D eigenvalue weighted by Crippen LogP contribution is -2.56. The SMILES string of the molecule is CC(C)NC(=O)[C@H](C)NC(=O)N1CCN(C(=O)c2c[nH]c3ccccc23)CC1.